The lowest BCUT2D eigenvalue weighted by Crippen LogP contribution is -2.51. The smallest absolute Gasteiger partial charge is 0.323 e. The van der Waals surface area contributed by atoms with Crippen LogP contribution >= 0.6 is 0 Å². The van der Waals surface area contributed by atoms with Gasteiger partial charge in [-0.05, 0) is 33.2 Å². The van der Waals surface area contributed by atoms with Gasteiger partial charge in [0.05, 0.1) is 12.7 Å². The van der Waals surface area contributed by atoms with Crippen molar-refractivity contribution in [1.29, 1.82) is 0 Å². The van der Waals surface area contributed by atoms with Crippen molar-refractivity contribution in [2.45, 2.75) is 64.1 Å². The van der Waals surface area contributed by atoms with E-state index in [9.17, 15) is 9.90 Å². The van der Waals surface area contributed by atoms with Gasteiger partial charge in [-0.25, -0.2) is 0 Å². The van der Waals surface area contributed by atoms with Crippen molar-refractivity contribution in [3.05, 3.63) is 0 Å². The highest BCUT2D eigenvalue weighted by Crippen LogP contribution is 2.24. The van der Waals surface area contributed by atoms with E-state index in [0.29, 0.717) is 6.61 Å². The van der Waals surface area contributed by atoms with Crippen molar-refractivity contribution in [3.8, 4) is 0 Å². The third-order valence-corrected chi connectivity index (χ3v) is 3.65. The van der Waals surface area contributed by atoms with Gasteiger partial charge in [0.25, 0.3) is 0 Å². The first-order valence-electron chi connectivity index (χ1n) is 6.68. The minimum absolute atomic E-state index is 0.0955. The summed E-state index contributed by atoms with van der Waals surface area (Å²) in [6.07, 6.45) is 4.44. The van der Waals surface area contributed by atoms with Crippen LogP contribution in [0.4, 0.5) is 0 Å². The molecule has 0 aromatic carbocycles. The van der Waals surface area contributed by atoms with Crippen LogP contribution in [0.25, 0.3) is 0 Å². The van der Waals surface area contributed by atoms with Crippen LogP contribution in [-0.2, 0) is 9.53 Å². The molecule has 4 heteroatoms. The number of esters is 1. The minimum atomic E-state index is -0.308. The SMILES string of the molecule is CCOC(=O)C(CC)N(C)C1CCCCC1O. The number of ether oxygens (including phenoxy) is 1. The molecule has 0 spiro atoms. The van der Waals surface area contributed by atoms with Crippen LogP contribution in [0.15, 0.2) is 0 Å². The summed E-state index contributed by atoms with van der Waals surface area (Å²) in [5.41, 5.74) is 0. The molecule has 0 heterocycles. The first-order valence-corrected chi connectivity index (χ1v) is 6.68. The fourth-order valence-corrected chi connectivity index (χ4v) is 2.66. The van der Waals surface area contributed by atoms with Gasteiger partial charge >= 0.3 is 5.97 Å². The number of hydrogen-bond donors (Lipinski definition) is 1. The first-order chi connectivity index (χ1) is 8.11. The van der Waals surface area contributed by atoms with Crippen molar-refractivity contribution in [1.82, 2.24) is 4.90 Å². The van der Waals surface area contributed by atoms with Gasteiger partial charge in [-0.3, -0.25) is 9.69 Å². The van der Waals surface area contributed by atoms with Crippen molar-refractivity contribution < 1.29 is 14.6 Å². The maximum absolute atomic E-state index is 11.8. The second kappa shape index (κ2) is 6.97. The van der Waals surface area contributed by atoms with Crippen LogP contribution in [-0.4, -0.2) is 47.8 Å². The van der Waals surface area contributed by atoms with Gasteiger partial charge in [-0.2, -0.15) is 0 Å². The largest absolute Gasteiger partial charge is 0.465 e. The van der Waals surface area contributed by atoms with Crippen molar-refractivity contribution in [3.63, 3.8) is 0 Å². The molecule has 3 atom stereocenters. The number of carbonyl (C=O) groups is 1. The Morgan fingerprint density at radius 1 is 1.41 bits per heavy atom. The monoisotopic (exact) mass is 243 g/mol. The van der Waals surface area contributed by atoms with E-state index in [1.807, 2.05) is 25.8 Å². The zero-order chi connectivity index (χ0) is 12.8. The van der Waals surface area contributed by atoms with E-state index in [1.165, 1.54) is 0 Å². The van der Waals surface area contributed by atoms with Crippen molar-refractivity contribution >= 4 is 5.97 Å². The van der Waals surface area contributed by atoms with E-state index < -0.39 is 0 Å². The molecule has 3 unspecified atom stereocenters. The van der Waals surface area contributed by atoms with E-state index in [2.05, 4.69) is 0 Å². The highest BCUT2D eigenvalue weighted by Gasteiger charge is 2.33. The predicted octanol–water partition coefficient (Wildman–Crippen LogP) is 1.56. The molecule has 0 aliphatic heterocycles. The normalized spacial score (nSPS) is 26.9. The number of aliphatic hydroxyl groups excluding tert-OH is 1. The Balaban J connectivity index is 2.63. The standard InChI is InChI=1S/C13H25NO3/c1-4-10(13(16)17-5-2)14(3)11-8-6-7-9-12(11)15/h10-12,15H,4-9H2,1-3H3. The summed E-state index contributed by atoms with van der Waals surface area (Å²) < 4.78 is 5.08. The average molecular weight is 243 g/mol. The molecule has 0 bridgehead atoms. The molecule has 0 aromatic rings. The van der Waals surface area contributed by atoms with E-state index in [1.54, 1.807) is 0 Å². The molecule has 0 radical (unpaired) electrons. The Kier molecular flexibility index (Phi) is 5.92. The minimum Gasteiger partial charge on any atom is -0.465 e. The molecular formula is C13H25NO3. The fourth-order valence-electron chi connectivity index (χ4n) is 2.66. The van der Waals surface area contributed by atoms with Crippen LogP contribution in [0, 0.1) is 0 Å². The van der Waals surface area contributed by atoms with Crippen LogP contribution in [0.1, 0.15) is 46.0 Å². The van der Waals surface area contributed by atoms with Crippen LogP contribution in [0.2, 0.25) is 0 Å². The molecule has 0 aromatic heterocycles. The summed E-state index contributed by atoms with van der Waals surface area (Å²) >= 11 is 0. The van der Waals surface area contributed by atoms with Gasteiger partial charge in [-0.15, -0.1) is 0 Å². The Morgan fingerprint density at radius 2 is 2.06 bits per heavy atom. The maximum Gasteiger partial charge on any atom is 0.323 e. The summed E-state index contributed by atoms with van der Waals surface area (Å²) in [5, 5.41) is 10.0. The number of likely N-dealkylation sites (N-methyl/N-ethyl adjacent to an activating group) is 1. The van der Waals surface area contributed by atoms with E-state index in [-0.39, 0.29) is 24.2 Å². The second-order valence-electron chi connectivity index (χ2n) is 4.76. The van der Waals surface area contributed by atoms with Gasteiger partial charge in [0.2, 0.25) is 0 Å². The van der Waals surface area contributed by atoms with E-state index >= 15 is 0 Å². The number of aliphatic hydroxyl groups is 1. The topological polar surface area (TPSA) is 49.8 Å². The molecular weight excluding hydrogens is 218 g/mol. The zero-order valence-electron chi connectivity index (χ0n) is 11.2. The van der Waals surface area contributed by atoms with E-state index in [0.717, 1.165) is 32.1 Å². The summed E-state index contributed by atoms with van der Waals surface area (Å²) in [5.74, 6) is -0.171. The molecule has 1 aliphatic carbocycles. The third-order valence-electron chi connectivity index (χ3n) is 3.65. The summed E-state index contributed by atoms with van der Waals surface area (Å²) in [6.45, 7) is 4.21. The Hall–Kier alpha value is -0.610. The van der Waals surface area contributed by atoms with Crippen molar-refractivity contribution in [2.24, 2.45) is 0 Å². The van der Waals surface area contributed by atoms with Gasteiger partial charge < -0.3 is 9.84 Å². The lowest BCUT2D eigenvalue weighted by Gasteiger charge is -2.38. The van der Waals surface area contributed by atoms with Gasteiger partial charge in [0, 0.05) is 6.04 Å². The number of rotatable bonds is 5. The van der Waals surface area contributed by atoms with Crippen LogP contribution in [0.3, 0.4) is 0 Å². The summed E-state index contributed by atoms with van der Waals surface area (Å²) in [4.78, 5) is 13.8. The Labute approximate surface area is 104 Å². The highest BCUT2D eigenvalue weighted by molar-refractivity contribution is 5.75. The summed E-state index contributed by atoms with van der Waals surface area (Å²) in [7, 11) is 1.92. The van der Waals surface area contributed by atoms with E-state index in [4.69, 9.17) is 4.74 Å². The molecule has 1 fully saturated rings. The maximum atomic E-state index is 11.8. The molecule has 1 aliphatic rings. The van der Waals surface area contributed by atoms with Crippen molar-refractivity contribution in [2.75, 3.05) is 13.7 Å². The van der Waals surface area contributed by atoms with Crippen LogP contribution in [0.5, 0.6) is 0 Å². The highest BCUT2D eigenvalue weighted by atomic mass is 16.5. The molecule has 1 saturated carbocycles. The average Bonchev–Trinajstić information content (AvgIpc) is 2.30. The quantitative estimate of drug-likeness (QED) is 0.745. The molecule has 4 nitrogen and oxygen atoms in total. The number of hydrogen-bond acceptors (Lipinski definition) is 4. The number of carbonyl (C=O) groups excluding carboxylic acids is 1. The zero-order valence-corrected chi connectivity index (χ0v) is 11.2. The first kappa shape index (κ1) is 14.5. The molecule has 1 N–H and O–H groups in total. The third kappa shape index (κ3) is 3.68. The predicted molar refractivity (Wildman–Crippen MR) is 66.7 cm³/mol. The molecule has 0 amide bonds. The second-order valence-corrected chi connectivity index (χ2v) is 4.76. The molecule has 0 saturated heterocycles. The number of nitrogens with zero attached hydrogens (tertiary/aromatic N) is 1. The fraction of sp³-hybridized carbons (Fsp3) is 0.923. The van der Waals surface area contributed by atoms with Gasteiger partial charge in [0.1, 0.15) is 6.04 Å². The lowest BCUT2D eigenvalue weighted by molar-refractivity contribution is -0.151. The molecule has 17 heavy (non-hydrogen) atoms. The van der Waals surface area contributed by atoms with Gasteiger partial charge in [0.15, 0.2) is 0 Å². The summed E-state index contributed by atoms with van der Waals surface area (Å²) in [6, 6.07) is -0.134. The van der Waals surface area contributed by atoms with Gasteiger partial charge in [-0.1, -0.05) is 19.8 Å². The Morgan fingerprint density at radius 3 is 2.59 bits per heavy atom. The van der Waals surface area contributed by atoms with Crippen LogP contribution < -0.4 is 0 Å². The molecule has 1 rings (SSSR count). The lowest BCUT2D eigenvalue weighted by atomic mass is 9.90. The Bertz CT molecular complexity index is 245. The molecule has 100 valence electrons.